The molecule has 2 aliphatic rings. The standard InChI is InChI=1S/C18H22F3N5S2/c1-11(18(19,20)21)13-8-12-14(23-10-24-15(12)27-13)25-4-6-26(7-5-25)16-22-9-17(2,3)28-16/h8,10-11H,4-7,9H2,1-3H3. The normalized spacial score (nSPS) is 21.3. The molecule has 0 radical (unpaired) electrons. The minimum absolute atomic E-state index is 0.146. The fourth-order valence-corrected chi connectivity index (χ4v) is 5.47. The number of thiophene rings is 1. The van der Waals surface area contributed by atoms with Crippen LogP contribution in [0.1, 0.15) is 31.6 Å². The third-order valence-corrected chi connectivity index (χ3v) is 7.53. The van der Waals surface area contributed by atoms with Gasteiger partial charge in [0.1, 0.15) is 17.0 Å². The first-order chi connectivity index (χ1) is 13.1. The molecule has 4 heterocycles. The van der Waals surface area contributed by atoms with Gasteiger partial charge in [-0.15, -0.1) is 11.3 Å². The Kier molecular flexibility index (Phi) is 4.97. The van der Waals surface area contributed by atoms with Gasteiger partial charge in [0.05, 0.1) is 17.8 Å². The lowest BCUT2D eigenvalue weighted by Crippen LogP contribution is -2.48. The third-order valence-electron chi connectivity index (χ3n) is 5.06. The van der Waals surface area contributed by atoms with Crippen LogP contribution in [0.15, 0.2) is 17.4 Å². The maximum Gasteiger partial charge on any atom is 0.396 e. The molecule has 2 aromatic heterocycles. The van der Waals surface area contributed by atoms with Gasteiger partial charge in [-0.1, -0.05) is 11.8 Å². The minimum Gasteiger partial charge on any atom is -0.352 e. The van der Waals surface area contributed by atoms with Gasteiger partial charge < -0.3 is 9.80 Å². The van der Waals surface area contributed by atoms with Crippen LogP contribution in [0.3, 0.4) is 0 Å². The van der Waals surface area contributed by atoms with E-state index in [1.807, 2.05) is 11.8 Å². The van der Waals surface area contributed by atoms with Gasteiger partial charge in [-0.3, -0.25) is 4.99 Å². The highest BCUT2D eigenvalue weighted by Crippen LogP contribution is 2.41. The van der Waals surface area contributed by atoms with Crippen molar-refractivity contribution in [3.63, 3.8) is 0 Å². The molecule has 0 spiro atoms. The maximum atomic E-state index is 13.1. The average Bonchev–Trinajstić information content (AvgIpc) is 3.23. The average molecular weight is 430 g/mol. The van der Waals surface area contributed by atoms with Crippen LogP contribution >= 0.6 is 23.1 Å². The number of piperazine rings is 1. The zero-order valence-corrected chi connectivity index (χ0v) is 17.6. The van der Waals surface area contributed by atoms with Crippen molar-refractivity contribution in [1.29, 1.82) is 0 Å². The van der Waals surface area contributed by atoms with E-state index in [1.54, 1.807) is 6.07 Å². The summed E-state index contributed by atoms with van der Waals surface area (Å²) >= 11 is 2.91. The lowest BCUT2D eigenvalue weighted by Gasteiger charge is -2.36. The van der Waals surface area contributed by atoms with Crippen molar-refractivity contribution in [2.24, 2.45) is 4.99 Å². The second kappa shape index (κ2) is 7.05. The number of aliphatic imine (C=N–C) groups is 1. The number of rotatable bonds is 2. The molecule has 0 aliphatic carbocycles. The summed E-state index contributed by atoms with van der Waals surface area (Å²) in [5.41, 5.74) is 0. The van der Waals surface area contributed by atoms with E-state index in [0.717, 1.165) is 55.0 Å². The molecule has 1 fully saturated rings. The predicted octanol–water partition coefficient (Wildman–Crippen LogP) is 4.36. The number of fused-ring (bicyclic) bond motifs is 1. The van der Waals surface area contributed by atoms with E-state index < -0.39 is 12.1 Å². The van der Waals surface area contributed by atoms with Crippen molar-refractivity contribution in [3.8, 4) is 0 Å². The van der Waals surface area contributed by atoms with Gasteiger partial charge in [-0.05, 0) is 26.8 Å². The molecule has 1 saturated heterocycles. The Morgan fingerprint density at radius 3 is 2.39 bits per heavy atom. The molecule has 28 heavy (non-hydrogen) atoms. The number of anilines is 1. The van der Waals surface area contributed by atoms with E-state index in [1.165, 1.54) is 13.3 Å². The first-order valence-electron chi connectivity index (χ1n) is 9.18. The van der Waals surface area contributed by atoms with Crippen LogP contribution in [0.25, 0.3) is 10.2 Å². The molecule has 0 N–H and O–H groups in total. The van der Waals surface area contributed by atoms with Crippen LogP contribution in [0.5, 0.6) is 0 Å². The van der Waals surface area contributed by atoms with Crippen LogP contribution in [-0.2, 0) is 0 Å². The summed E-state index contributed by atoms with van der Waals surface area (Å²) in [5, 5.41) is 1.80. The summed E-state index contributed by atoms with van der Waals surface area (Å²) in [6, 6.07) is 1.61. The summed E-state index contributed by atoms with van der Waals surface area (Å²) in [4.78, 5) is 18.6. The molecule has 1 atom stereocenters. The Bertz CT molecular complexity index is 900. The molecule has 0 saturated carbocycles. The van der Waals surface area contributed by atoms with Crippen LogP contribution in [0, 0.1) is 0 Å². The number of nitrogens with zero attached hydrogens (tertiary/aromatic N) is 5. The van der Waals surface area contributed by atoms with Crippen molar-refractivity contribution < 1.29 is 13.2 Å². The van der Waals surface area contributed by atoms with E-state index in [0.29, 0.717) is 10.2 Å². The van der Waals surface area contributed by atoms with Gasteiger partial charge in [0.2, 0.25) is 0 Å². The molecule has 10 heteroatoms. The van der Waals surface area contributed by atoms with E-state index in [-0.39, 0.29) is 9.62 Å². The Hall–Kier alpha value is -1.55. The first kappa shape index (κ1) is 19.8. The topological polar surface area (TPSA) is 44.6 Å². The van der Waals surface area contributed by atoms with E-state index in [2.05, 4.69) is 38.6 Å². The summed E-state index contributed by atoms with van der Waals surface area (Å²) < 4.78 is 39.5. The summed E-state index contributed by atoms with van der Waals surface area (Å²) in [6.07, 6.45) is -2.81. The summed E-state index contributed by atoms with van der Waals surface area (Å²) in [7, 11) is 0. The summed E-state index contributed by atoms with van der Waals surface area (Å²) in [5.74, 6) is -0.778. The van der Waals surface area contributed by atoms with Crippen molar-refractivity contribution in [2.45, 2.75) is 37.6 Å². The highest BCUT2D eigenvalue weighted by Gasteiger charge is 2.38. The van der Waals surface area contributed by atoms with E-state index in [9.17, 15) is 13.2 Å². The fourth-order valence-electron chi connectivity index (χ4n) is 3.33. The lowest BCUT2D eigenvalue weighted by atomic mass is 10.1. The van der Waals surface area contributed by atoms with Crippen LogP contribution in [0.4, 0.5) is 19.0 Å². The smallest absolute Gasteiger partial charge is 0.352 e. The zero-order valence-electron chi connectivity index (χ0n) is 16.0. The number of hydrogen-bond acceptors (Lipinski definition) is 7. The molecule has 5 nitrogen and oxygen atoms in total. The van der Waals surface area contributed by atoms with Gasteiger partial charge in [-0.2, -0.15) is 13.2 Å². The van der Waals surface area contributed by atoms with Crippen LogP contribution in [-0.4, -0.2) is 63.7 Å². The number of halogens is 3. The number of hydrogen-bond donors (Lipinski definition) is 0. The number of thioether (sulfide) groups is 1. The molecule has 0 amide bonds. The van der Waals surface area contributed by atoms with Gasteiger partial charge in [0, 0.05) is 35.8 Å². The number of alkyl halides is 3. The van der Waals surface area contributed by atoms with Gasteiger partial charge in [0.25, 0.3) is 0 Å². The fraction of sp³-hybridized carbons (Fsp3) is 0.611. The van der Waals surface area contributed by atoms with Crippen molar-refractivity contribution in [3.05, 3.63) is 17.3 Å². The minimum atomic E-state index is -4.26. The zero-order chi connectivity index (χ0) is 20.1. The van der Waals surface area contributed by atoms with Gasteiger partial charge in [-0.25, -0.2) is 9.97 Å². The molecule has 2 aromatic rings. The number of aromatic nitrogens is 2. The Morgan fingerprint density at radius 1 is 1.11 bits per heavy atom. The second-order valence-corrected chi connectivity index (χ2v) is 10.5. The van der Waals surface area contributed by atoms with Crippen molar-refractivity contribution >= 4 is 44.3 Å². The largest absolute Gasteiger partial charge is 0.396 e. The monoisotopic (exact) mass is 429 g/mol. The Morgan fingerprint density at radius 2 is 1.79 bits per heavy atom. The molecule has 152 valence electrons. The van der Waals surface area contributed by atoms with Crippen LogP contribution < -0.4 is 4.90 Å². The molecular formula is C18H22F3N5S2. The van der Waals surface area contributed by atoms with Crippen molar-refractivity contribution in [1.82, 2.24) is 14.9 Å². The lowest BCUT2D eigenvalue weighted by molar-refractivity contribution is -0.145. The quantitative estimate of drug-likeness (QED) is 0.710. The maximum absolute atomic E-state index is 13.1. The van der Waals surface area contributed by atoms with Crippen molar-refractivity contribution in [2.75, 3.05) is 37.6 Å². The first-order valence-corrected chi connectivity index (χ1v) is 10.8. The highest BCUT2D eigenvalue weighted by molar-refractivity contribution is 8.15. The number of amidine groups is 1. The van der Waals surface area contributed by atoms with Gasteiger partial charge in [0.15, 0.2) is 5.17 Å². The Labute approximate surface area is 170 Å². The molecule has 2 aliphatic heterocycles. The molecule has 0 aromatic carbocycles. The second-order valence-electron chi connectivity index (χ2n) is 7.76. The van der Waals surface area contributed by atoms with Crippen LogP contribution in [0.2, 0.25) is 0 Å². The van der Waals surface area contributed by atoms with E-state index in [4.69, 9.17) is 0 Å². The highest BCUT2D eigenvalue weighted by atomic mass is 32.2. The molecule has 4 rings (SSSR count). The molecule has 1 unspecified atom stereocenters. The SMILES string of the molecule is CC(c1cc2c(N3CCN(C4=NCC(C)(C)S4)CC3)ncnc2s1)C(F)(F)F. The predicted molar refractivity (Wildman–Crippen MR) is 110 cm³/mol. The molecular weight excluding hydrogens is 407 g/mol. The Balaban J connectivity index is 1.52. The van der Waals surface area contributed by atoms with Gasteiger partial charge >= 0.3 is 6.18 Å². The molecule has 0 bridgehead atoms. The third kappa shape index (κ3) is 3.80. The summed E-state index contributed by atoms with van der Waals surface area (Å²) in [6.45, 7) is 9.56. The van der Waals surface area contributed by atoms with E-state index >= 15 is 0 Å².